The van der Waals surface area contributed by atoms with Crippen molar-refractivity contribution in [2.24, 2.45) is 0 Å². The molecule has 0 aromatic heterocycles. The molecule has 0 heterocycles. The Kier molecular flexibility index (Phi) is 10.6. The minimum absolute atomic E-state index is 1.09. The molecule has 6 aromatic carbocycles. The minimum atomic E-state index is 1.09. The van der Waals surface area contributed by atoms with Gasteiger partial charge in [-0.05, 0) is 144 Å². The van der Waals surface area contributed by atoms with Crippen LogP contribution in [0, 0.1) is 0 Å². The third-order valence-corrected chi connectivity index (χ3v) is 10.4. The van der Waals surface area contributed by atoms with E-state index in [0.717, 1.165) is 77.0 Å². The van der Waals surface area contributed by atoms with Crippen LogP contribution in [0.3, 0.4) is 0 Å². The molecule has 6 aromatic rings. The minimum Gasteiger partial charge on any atom is -0.0588 e. The molecule has 0 aliphatic heterocycles. The highest BCUT2D eigenvalue weighted by Gasteiger charge is 2.04. The lowest BCUT2D eigenvalue weighted by atomic mass is 9.97. The second-order valence-corrected chi connectivity index (χ2v) is 13.9. The fourth-order valence-corrected chi connectivity index (χ4v) is 6.97. The summed E-state index contributed by atoms with van der Waals surface area (Å²) >= 11 is 0. The van der Waals surface area contributed by atoms with Gasteiger partial charge in [-0.2, -0.15) is 0 Å². The van der Waals surface area contributed by atoms with Gasteiger partial charge >= 0.3 is 0 Å². The zero-order valence-corrected chi connectivity index (χ0v) is 28.3. The quantitative estimate of drug-likeness (QED) is 0.158. The molecular formula is C48H48. The Morgan fingerprint density at radius 1 is 0.125 bits per heavy atom. The van der Waals surface area contributed by atoms with Crippen molar-refractivity contribution in [3.8, 4) is 0 Å². The van der Waals surface area contributed by atoms with E-state index in [2.05, 4.69) is 146 Å². The monoisotopic (exact) mass is 624 g/mol. The van der Waals surface area contributed by atoms with Crippen molar-refractivity contribution in [1.82, 2.24) is 0 Å². The van der Waals surface area contributed by atoms with Crippen LogP contribution >= 0.6 is 0 Å². The number of benzene rings is 6. The average molecular weight is 625 g/mol. The highest BCUT2D eigenvalue weighted by atomic mass is 14.1. The molecular weight excluding hydrogens is 577 g/mol. The van der Waals surface area contributed by atoms with Gasteiger partial charge in [-0.25, -0.2) is 0 Å². The van der Waals surface area contributed by atoms with Crippen LogP contribution < -0.4 is 0 Å². The molecule has 0 N–H and O–H groups in total. The molecule has 0 atom stereocenters. The molecule has 0 spiro atoms. The fraction of sp³-hybridized carbons (Fsp3) is 0.250. The topological polar surface area (TPSA) is 0 Å². The van der Waals surface area contributed by atoms with E-state index in [1.165, 1.54) is 66.8 Å². The van der Waals surface area contributed by atoms with E-state index in [4.69, 9.17) is 0 Å². The van der Waals surface area contributed by atoms with Gasteiger partial charge in [-0.15, -0.1) is 0 Å². The molecule has 0 radical (unpaired) electrons. The van der Waals surface area contributed by atoms with Crippen molar-refractivity contribution in [1.29, 1.82) is 0 Å². The Balaban J connectivity index is 1.01. The van der Waals surface area contributed by atoms with E-state index >= 15 is 0 Å². The molecule has 240 valence electrons. The molecule has 0 unspecified atom stereocenters. The Morgan fingerprint density at radius 3 is 0.250 bits per heavy atom. The van der Waals surface area contributed by atoms with Crippen LogP contribution in [-0.2, 0) is 77.0 Å². The zero-order valence-electron chi connectivity index (χ0n) is 28.3. The van der Waals surface area contributed by atoms with Gasteiger partial charge in [0.05, 0.1) is 0 Å². The van der Waals surface area contributed by atoms with Gasteiger partial charge in [0.15, 0.2) is 0 Å². The van der Waals surface area contributed by atoms with Crippen LogP contribution in [0.1, 0.15) is 66.8 Å². The van der Waals surface area contributed by atoms with Gasteiger partial charge in [0.1, 0.15) is 0 Å². The van der Waals surface area contributed by atoms with Crippen LogP contribution in [0.4, 0.5) is 0 Å². The second-order valence-electron chi connectivity index (χ2n) is 13.9. The summed E-state index contributed by atoms with van der Waals surface area (Å²) in [6.45, 7) is 0. The molecule has 48 heavy (non-hydrogen) atoms. The highest BCUT2D eigenvalue weighted by molar-refractivity contribution is 5.32. The molecule has 0 fully saturated rings. The first-order chi connectivity index (χ1) is 23.7. The summed E-state index contributed by atoms with van der Waals surface area (Å²) in [5, 5.41) is 0. The van der Waals surface area contributed by atoms with Crippen LogP contribution in [0.2, 0.25) is 0 Å². The molecule has 0 saturated carbocycles. The first-order valence-electron chi connectivity index (χ1n) is 18.2. The van der Waals surface area contributed by atoms with E-state index in [1.54, 1.807) is 0 Å². The fourth-order valence-electron chi connectivity index (χ4n) is 6.97. The van der Waals surface area contributed by atoms with E-state index < -0.39 is 0 Å². The molecule has 0 amide bonds. The van der Waals surface area contributed by atoms with Gasteiger partial charge < -0.3 is 0 Å². The number of hydrogen-bond acceptors (Lipinski definition) is 0. The number of hydrogen-bond donors (Lipinski definition) is 0. The average Bonchev–Trinajstić information content (AvgIpc) is 3.15. The SMILES string of the molecule is c1cc2ccc1CCc1ccc(cc1)CCc1ccc(cc1)CCc1ccc(cc1)CCc1ccc(cc1)CCc1ccc(cc1)CC2. The number of rotatable bonds is 0. The lowest BCUT2D eigenvalue weighted by Gasteiger charge is -2.09. The van der Waals surface area contributed by atoms with E-state index in [9.17, 15) is 0 Å². The van der Waals surface area contributed by atoms with Gasteiger partial charge in [-0.3, -0.25) is 0 Å². The largest absolute Gasteiger partial charge is 0.0588 e. The standard InChI is InChI=1S/C48H48/c1-2-38-4-3-37(1)25-26-39-5-7-41(8-6-39)29-30-43-13-15-45(16-14-43)33-34-47-21-23-48(24-22-47)36-35-46-19-17-44(18-20-46)32-31-42-11-9-40(10-12-42)28-27-38/h1-24H,25-36H2. The van der Waals surface area contributed by atoms with Crippen LogP contribution in [0.25, 0.3) is 0 Å². The lowest BCUT2D eigenvalue weighted by Crippen LogP contribution is -1.97. The van der Waals surface area contributed by atoms with E-state index in [-0.39, 0.29) is 0 Å². The molecule has 22 rings (SSSR count). The second kappa shape index (κ2) is 15.9. The van der Waals surface area contributed by atoms with Crippen molar-refractivity contribution < 1.29 is 0 Å². The maximum Gasteiger partial charge on any atom is -0.0238 e. The van der Waals surface area contributed by atoms with Crippen molar-refractivity contribution in [3.05, 3.63) is 212 Å². The summed E-state index contributed by atoms with van der Waals surface area (Å²) in [4.78, 5) is 0. The Labute approximate surface area is 288 Å². The molecule has 16 aliphatic carbocycles. The van der Waals surface area contributed by atoms with Crippen molar-refractivity contribution in [2.75, 3.05) is 0 Å². The van der Waals surface area contributed by atoms with Crippen LogP contribution in [0.15, 0.2) is 146 Å². The summed E-state index contributed by atoms with van der Waals surface area (Å²) in [6.07, 6.45) is 13.0. The molecule has 0 heteroatoms. The molecule has 12 bridgehead atoms. The third-order valence-electron chi connectivity index (χ3n) is 10.4. The van der Waals surface area contributed by atoms with Crippen molar-refractivity contribution in [3.63, 3.8) is 0 Å². The summed E-state index contributed by atoms with van der Waals surface area (Å²) in [5.74, 6) is 0. The first kappa shape index (κ1) is 31.9. The summed E-state index contributed by atoms with van der Waals surface area (Å²) < 4.78 is 0. The van der Waals surface area contributed by atoms with Crippen molar-refractivity contribution >= 4 is 0 Å². The maximum atomic E-state index is 2.33. The predicted molar refractivity (Wildman–Crippen MR) is 203 cm³/mol. The van der Waals surface area contributed by atoms with Gasteiger partial charge in [0.25, 0.3) is 0 Å². The Hall–Kier alpha value is -4.68. The number of aryl methyl sites for hydroxylation is 12. The zero-order chi connectivity index (χ0) is 32.4. The van der Waals surface area contributed by atoms with Crippen molar-refractivity contribution in [2.45, 2.75) is 77.0 Å². The molecule has 0 saturated heterocycles. The smallest absolute Gasteiger partial charge is 0.0238 e. The van der Waals surface area contributed by atoms with Crippen LogP contribution in [-0.4, -0.2) is 0 Å². The van der Waals surface area contributed by atoms with E-state index in [0.29, 0.717) is 0 Å². The first-order valence-corrected chi connectivity index (χ1v) is 18.2. The summed E-state index contributed by atoms with van der Waals surface area (Å²) in [6, 6.07) is 55.9. The highest BCUT2D eigenvalue weighted by Crippen LogP contribution is 2.18. The van der Waals surface area contributed by atoms with Crippen LogP contribution in [0.5, 0.6) is 0 Å². The summed E-state index contributed by atoms with van der Waals surface area (Å²) in [7, 11) is 0. The Morgan fingerprint density at radius 2 is 0.188 bits per heavy atom. The molecule has 0 nitrogen and oxygen atoms in total. The predicted octanol–water partition coefficient (Wildman–Crippen LogP) is 10.7. The third kappa shape index (κ3) is 9.23. The Bertz CT molecular complexity index is 1330. The maximum absolute atomic E-state index is 2.33. The lowest BCUT2D eigenvalue weighted by molar-refractivity contribution is 0.921. The molecule has 16 aliphatic rings. The van der Waals surface area contributed by atoms with Gasteiger partial charge in [-0.1, -0.05) is 146 Å². The normalized spacial score (nSPS) is 14.5. The van der Waals surface area contributed by atoms with Gasteiger partial charge in [0.2, 0.25) is 0 Å². The van der Waals surface area contributed by atoms with Gasteiger partial charge in [0, 0.05) is 0 Å². The van der Waals surface area contributed by atoms with E-state index in [1.807, 2.05) is 0 Å². The summed E-state index contributed by atoms with van der Waals surface area (Å²) in [5.41, 5.74) is 17.1.